The molecule has 2 fully saturated rings. The molecule has 35 heavy (non-hydrogen) atoms. The van der Waals surface area contributed by atoms with Crippen molar-refractivity contribution in [3.05, 3.63) is 18.2 Å². The maximum absolute atomic E-state index is 12.7. The van der Waals surface area contributed by atoms with Gasteiger partial charge in [-0.3, -0.25) is 0 Å². The standard InChI is InChI=1S/C24H38N4O6S/c1-2-26-12-14-28(15-13-26)35(30,31)18-4-9-27-10-7-20(8-11-27)19-25-24(29)34-22-6-3-5-21-23(22)33-17-16-32-21/h3,5-6,20H,2,4,7-19H2,1H3,(H,25,29). The molecular formula is C24H38N4O6S. The van der Waals surface area contributed by atoms with E-state index in [-0.39, 0.29) is 5.75 Å². The van der Waals surface area contributed by atoms with Gasteiger partial charge < -0.3 is 29.3 Å². The van der Waals surface area contributed by atoms with E-state index in [0.717, 1.165) is 52.1 Å². The topological polar surface area (TPSA) is 101 Å². The van der Waals surface area contributed by atoms with E-state index < -0.39 is 16.1 Å². The van der Waals surface area contributed by atoms with E-state index in [0.29, 0.717) is 62.4 Å². The lowest BCUT2D eigenvalue weighted by atomic mass is 9.97. The molecular weight excluding hydrogens is 472 g/mol. The number of hydrogen-bond donors (Lipinski definition) is 1. The Morgan fingerprint density at radius 3 is 2.54 bits per heavy atom. The molecule has 0 aliphatic carbocycles. The molecule has 3 aliphatic rings. The number of piperazine rings is 1. The van der Waals surface area contributed by atoms with Gasteiger partial charge in [-0.1, -0.05) is 13.0 Å². The van der Waals surface area contributed by atoms with Crippen LogP contribution in [0.5, 0.6) is 17.2 Å². The Hall–Kier alpha value is -2.08. The number of nitrogens with one attached hydrogen (secondary N) is 1. The normalized spacial score (nSPS) is 20.5. The second-order valence-electron chi connectivity index (χ2n) is 9.34. The number of carbonyl (C=O) groups excluding carboxylic acids is 1. The second-order valence-corrected chi connectivity index (χ2v) is 11.4. The molecule has 4 rings (SSSR count). The molecule has 0 radical (unpaired) electrons. The number of rotatable bonds is 9. The van der Waals surface area contributed by atoms with Gasteiger partial charge in [0.1, 0.15) is 13.2 Å². The van der Waals surface area contributed by atoms with Crippen LogP contribution in [-0.2, 0) is 10.0 Å². The van der Waals surface area contributed by atoms with Crippen LogP contribution in [0.3, 0.4) is 0 Å². The zero-order chi connectivity index (χ0) is 24.7. The average molecular weight is 511 g/mol. The number of piperidine rings is 1. The van der Waals surface area contributed by atoms with Gasteiger partial charge in [-0.25, -0.2) is 13.2 Å². The minimum atomic E-state index is -3.17. The van der Waals surface area contributed by atoms with Gasteiger partial charge in [0.15, 0.2) is 11.5 Å². The number of hydrogen-bond acceptors (Lipinski definition) is 8. The van der Waals surface area contributed by atoms with Crippen LogP contribution in [0.15, 0.2) is 18.2 Å². The predicted octanol–water partition coefficient (Wildman–Crippen LogP) is 1.62. The summed E-state index contributed by atoms with van der Waals surface area (Å²) in [5.41, 5.74) is 0. The van der Waals surface area contributed by atoms with Gasteiger partial charge >= 0.3 is 6.09 Å². The molecule has 0 bridgehead atoms. The van der Waals surface area contributed by atoms with Crippen molar-refractivity contribution in [2.75, 3.05) is 77.9 Å². The number of sulfonamides is 1. The van der Waals surface area contributed by atoms with Crippen LogP contribution in [0.25, 0.3) is 0 Å². The van der Waals surface area contributed by atoms with Crippen molar-refractivity contribution in [1.29, 1.82) is 0 Å². The Labute approximate surface area is 208 Å². The first-order valence-electron chi connectivity index (χ1n) is 12.7. The first kappa shape index (κ1) is 26.0. The Bertz CT molecular complexity index is 943. The van der Waals surface area contributed by atoms with Crippen LogP contribution in [0, 0.1) is 5.92 Å². The first-order chi connectivity index (χ1) is 16.9. The molecule has 3 heterocycles. The van der Waals surface area contributed by atoms with E-state index in [9.17, 15) is 13.2 Å². The summed E-state index contributed by atoms with van der Waals surface area (Å²) in [4.78, 5) is 16.9. The van der Waals surface area contributed by atoms with Crippen LogP contribution in [0.1, 0.15) is 26.2 Å². The van der Waals surface area contributed by atoms with Crippen molar-refractivity contribution in [2.24, 2.45) is 5.92 Å². The van der Waals surface area contributed by atoms with Crippen LogP contribution < -0.4 is 19.5 Å². The molecule has 10 nitrogen and oxygen atoms in total. The number of carbonyl (C=O) groups is 1. The fraction of sp³-hybridized carbons (Fsp3) is 0.708. The van der Waals surface area contributed by atoms with Crippen LogP contribution in [0.2, 0.25) is 0 Å². The third-order valence-corrected chi connectivity index (χ3v) is 8.98. The summed E-state index contributed by atoms with van der Waals surface area (Å²) in [5.74, 6) is 2.00. The number of likely N-dealkylation sites (tertiary alicyclic amines) is 1. The minimum Gasteiger partial charge on any atom is -0.486 e. The summed E-state index contributed by atoms with van der Waals surface area (Å²) >= 11 is 0. The largest absolute Gasteiger partial charge is 0.486 e. The predicted molar refractivity (Wildman–Crippen MR) is 133 cm³/mol. The molecule has 1 aromatic rings. The Morgan fingerprint density at radius 1 is 1.06 bits per heavy atom. The summed E-state index contributed by atoms with van der Waals surface area (Å²) in [6.45, 7) is 9.99. The molecule has 0 atom stereocenters. The number of likely N-dealkylation sites (N-methyl/N-ethyl adjacent to an activating group) is 1. The summed E-state index contributed by atoms with van der Waals surface area (Å²) < 4.78 is 43.5. The number of ether oxygens (including phenoxy) is 3. The SMILES string of the molecule is CCN1CCN(S(=O)(=O)CCCN2CCC(CNC(=O)Oc3cccc4c3OCCO4)CC2)CC1. The highest BCUT2D eigenvalue weighted by Crippen LogP contribution is 2.38. The molecule has 11 heteroatoms. The van der Waals surface area contributed by atoms with Crippen LogP contribution in [0.4, 0.5) is 4.79 Å². The van der Waals surface area contributed by atoms with Gasteiger partial charge in [-0.05, 0) is 63.5 Å². The lowest BCUT2D eigenvalue weighted by molar-refractivity contribution is 0.158. The summed E-state index contributed by atoms with van der Waals surface area (Å²) in [6, 6.07) is 5.25. The molecule has 0 aromatic heterocycles. The minimum absolute atomic E-state index is 0.213. The quantitative estimate of drug-likeness (QED) is 0.535. The smallest absolute Gasteiger partial charge is 0.412 e. The van der Waals surface area contributed by atoms with Gasteiger partial charge in [-0.15, -0.1) is 0 Å². The number of benzene rings is 1. The summed E-state index contributed by atoms with van der Waals surface area (Å²) in [6.07, 6.45) is 2.08. The second kappa shape index (κ2) is 12.2. The lowest BCUT2D eigenvalue weighted by Crippen LogP contribution is -2.49. The molecule has 0 unspecified atom stereocenters. The highest BCUT2D eigenvalue weighted by Gasteiger charge is 2.27. The van der Waals surface area contributed by atoms with E-state index in [2.05, 4.69) is 22.0 Å². The van der Waals surface area contributed by atoms with E-state index in [1.807, 2.05) is 0 Å². The average Bonchev–Trinajstić information content (AvgIpc) is 2.88. The summed E-state index contributed by atoms with van der Waals surface area (Å²) in [5, 5.41) is 2.86. The third kappa shape index (κ3) is 7.22. The van der Waals surface area contributed by atoms with E-state index >= 15 is 0 Å². The summed E-state index contributed by atoms with van der Waals surface area (Å²) in [7, 11) is -3.17. The third-order valence-electron chi connectivity index (χ3n) is 7.02. The first-order valence-corrected chi connectivity index (χ1v) is 14.3. The van der Waals surface area contributed by atoms with Gasteiger partial charge in [0, 0.05) is 32.7 Å². The number of amides is 1. The Morgan fingerprint density at radius 2 is 1.80 bits per heavy atom. The molecule has 196 valence electrons. The molecule has 1 amide bonds. The lowest BCUT2D eigenvalue weighted by Gasteiger charge is -2.34. The number of para-hydroxylation sites is 1. The monoisotopic (exact) mass is 510 g/mol. The van der Waals surface area contributed by atoms with Crippen molar-refractivity contribution in [2.45, 2.75) is 26.2 Å². The molecule has 3 aliphatic heterocycles. The van der Waals surface area contributed by atoms with Crippen molar-refractivity contribution < 1.29 is 27.4 Å². The molecule has 1 N–H and O–H groups in total. The fourth-order valence-corrected chi connectivity index (χ4v) is 6.30. The van der Waals surface area contributed by atoms with Gasteiger partial charge in [0.2, 0.25) is 15.8 Å². The molecule has 0 spiro atoms. The van der Waals surface area contributed by atoms with Crippen molar-refractivity contribution in [1.82, 2.24) is 19.4 Å². The maximum atomic E-state index is 12.7. The van der Waals surface area contributed by atoms with Crippen molar-refractivity contribution >= 4 is 16.1 Å². The molecule has 2 saturated heterocycles. The fourth-order valence-electron chi connectivity index (χ4n) is 4.83. The highest BCUT2D eigenvalue weighted by molar-refractivity contribution is 7.89. The van der Waals surface area contributed by atoms with E-state index in [4.69, 9.17) is 14.2 Å². The van der Waals surface area contributed by atoms with E-state index in [1.165, 1.54) is 0 Å². The van der Waals surface area contributed by atoms with Gasteiger partial charge in [0.05, 0.1) is 5.75 Å². The highest BCUT2D eigenvalue weighted by atomic mass is 32.2. The zero-order valence-corrected chi connectivity index (χ0v) is 21.4. The van der Waals surface area contributed by atoms with Gasteiger partial charge in [0.25, 0.3) is 0 Å². The Balaban J connectivity index is 1.11. The Kier molecular flexibility index (Phi) is 9.10. The molecule has 0 saturated carbocycles. The van der Waals surface area contributed by atoms with Crippen LogP contribution in [-0.4, -0.2) is 106 Å². The van der Waals surface area contributed by atoms with Crippen molar-refractivity contribution in [3.8, 4) is 17.2 Å². The maximum Gasteiger partial charge on any atom is 0.412 e. The van der Waals surface area contributed by atoms with Crippen LogP contribution >= 0.6 is 0 Å². The molecule has 1 aromatic carbocycles. The van der Waals surface area contributed by atoms with E-state index in [1.54, 1.807) is 22.5 Å². The van der Waals surface area contributed by atoms with Gasteiger partial charge in [-0.2, -0.15) is 4.31 Å². The van der Waals surface area contributed by atoms with Crippen molar-refractivity contribution in [3.63, 3.8) is 0 Å². The zero-order valence-electron chi connectivity index (χ0n) is 20.6. The number of nitrogens with zero attached hydrogens (tertiary/aromatic N) is 3. The number of fused-ring (bicyclic) bond motifs is 1.